The Balaban J connectivity index is 1.37. The molecule has 0 radical (unpaired) electrons. The predicted octanol–water partition coefficient (Wildman–Crippen LogP) is 6.20. The van der Waals surface area contributed by atoms with E-state index in [9.17, 15) is 9.59 Å². The van der Waals surface area contributed by atoms with Crippen LogP contribution >= 0.6 is 0 Å². The van der Waals surface area contributed by atoms with Crippen LogP contribution in [0, 0.1) is 6.92 Å². The molecule has 0 spiro atoms. The lowest BCUT2D eigenvalue weighted by Gasteiger charge is -2.28. The second-order valence-corrected chi connectivity index (χ2v) is 10.2. The second kappa shape index (κ2) is 9.95. The minimum Gasteiger partial charge on any atom is -0.464 e. The van der Waals surface area contributed by atoms with Gasteiger partial charge in [-0.05, 0) is 75.9 Å². The molecule has 1 fully saturated rings. The number of hydrogen-bond acceptors (Lipinski definition) is 4. The highest BCUT2D eigenvalue weighted by atomic mass is 16.6. The van der Waals surface area contributed by atoms with E-state index >= 15 is 0 Å². The Labute approximate surface area is 201 Å². The zero-order valence-electron chi connectivity index (χ0n) is 20.6. The molecule has 2 heterocycles. The highest BCUT2D eigenvalue weighted by molar-refractivity contribution is 5.90. The van der Waals surface area contributed by atoms with E-state index in [-0.39, 0.29) is 18.2 Å². The molecule has 4 rings (SSSR count). The molecule has 1 aromatic heterocycles. The normalized spacial score (nSPS) is 16.5. The van der Waals surface area contributed by atoms with Crippen molar-refractivity contribution in [2.75, 3.05) is 18.4 Å². The lowest BCUT2D eigenvalue weighted by molar-refractivity contribution is 0.0306. The van der Waals surface area contributed by atoms with Crippen molar-refractivity contribution in [1.82, 2.24) is 9.80 Å². The van der Waals surface area contributed by atoms with Gasteiger partial charge in [-0.1, -0.05) is 31.1 Å². The molecule has 182 valence electrons. The van der Waals surface area contributed by atoms with Gasteiger partial charge >= 0.3 is 12.1 Å². The van der Waals surface area contributed by atoms with Crippen molar-refractivity contribution in [1.29, 1.82) is 0 Å². The van der Waals surface area contributed by atoms with Crippen LogP contribution in [0.1, 0.15) is 63.5 Å². The molecule has 34 heavy (non-hydrogen) atoms. The van der Waals surface area contributed by atoms with Gasteiger partial charge in [0.25, 0.3) is 0 Å². The average molecular weight is 466 g/mol. The minimum atomic E-state index is -0.512. The molecule has 2 aromatic rings. The van der Waals surface area contributed by atoms with Crippen molar-refractivity contribution in [2.45, 2.75) is 71.6 Å². The van der Waals surface area contributed by atoms with Crippen molar-refractivity contribution < 1.29 is 18.7 Å². The number of carbonyl (C=O) groups is 2. The smallest absolute Gasteiger partial charge is 0.410 e. The van der Waals surface area contributed by atoms with E-state index in [1.54, 1.807) is 4.90 Å². The van der Waals surface area contributed by atoms with E-state index in [0.717, 1.165) is 54.0 Å². The quantitative estimate of drug-likeness (QED) is 0.571. The van der Waals surface area contributed by atoms with E-state index in [4.69, 9.17) is 9.15 Å². The molecule has 1 saturated carbocycles. The molecule has 1 aliphatic heterocycles. The van der Waals surface area contributed by atoms with Crippen LogP contribution < -0.4 is 5.32 Å². The maximum Gasteiger partial charge on any atom is 0.410 e. The number of benzene rings is 1. The molecular formula is C27H35N3O4. The lowest BCUT2D eigenvalue weighted by Crippen LogP contribution is -2.41. The first-order valence-corrected chi connectivity index (χ1v) is 12.1. The summed E-state index contributed by atoms with van der Waals surface area (Å²) in [6, 6.07) is 11.8. The van der Waals surface area contributed by atoms with Gasteiger partial charge in [0.2, 0.25) is 0 Å². The SMILES string of the molecule is Cc1ccc(CN(C(=O)Nc2ccc(C3=CCN(C(=O)OC(C)(C)C)C3)cc2)C2CCCC2)o1. The summed E-state index contributed by atoms with van der Waals surface area (Å²) in [4.78, 5) is 29.1. The van der Waals surface area contributed by atoms with Gasteiger partial charge in [-0.25, -0.2) is 9.59 Å². The van der Waals surface area contributed by atoms with Gasteiger partial charge in [0, 0.05) is 24.8 Å². The number of ether oxygens (including phenoxy) is 1. The third-order valence-electron chi connectivity index (χ3n) is 6.23. The zero-order chi connectivity index (χ0) is 24.3. The van der Waals surface area contributed by atoms with Crippen LogP contribution in [0.25, 0.3) is 5.57 Å². The largest absolute Gasteiger partial charge is 0.464 e. The number of amides is 3. The van der Waals surface area contributed by atoms with Gasteiger partial charge in [0.1, 0.15) is 17.1 Å². The maximum atomic E-state index is 13.2. The third kappa shape index (κ3) is 6.01. The summed E-state index contributed by atoms with van der Waals surface area (Å²) in [5.41, 5.74) is 2.34. The van der Waals surface area contributed by atoms with Crippen LogP contribution in [-0.2, 0) is 11.3 Å². The molecular weight excluding hydrogens is 430 g/mol. The van der Waals surface area contributed by atoms with E-state index in [1.165, 1.54) is 0 Å². The Morgan fingerprint density at radius 3 is 2.44 bits per heavy atom. The van der Waals surface area contributed by atoms with E-state index in [2.05, 4.69) is 5.32 Å². The fourth-order valence-corrected chi connectivity index (χ4v) is 4.51. The topological polar surface area (TPSA) is 75.0 Å². The Hall–Kier alpha value is -3.22. The van der Waals surface area contributed by atoms with Crippen molar-refractivity contribution in [3.05, 3.63) is 59.6 Å². The van der Waals surface area contributed by atoms with Crippen LogP contribution in [0.15, 0.2) is 46.9 Å². The molecule has 0 bridgehead atoms. The van der Waals surface area contributed by atoms with Gasteiger partial charge in [0.15, 0.2) is 0 Å². The van der Waals surface area contributed by atoms with E-state index < -0.39 is 5.60 Å². The number of furan rings is 1. The summed E-state index contributed by atoms with van der Waals surface area (Å²) >= 11 is 0. The van der Waals surface area contributed by atoms with E-state index in [1.807, 2.05) is 75.1 Å². The summed E-state index contributed by atoms with van der Waals surface area (Å²) in [6.45, 7) is 9.03. The fourth-order valence-electron chi connectivity index (χ4n) is 4.51. The third-order valence-corrected chi connectivity index (χ3v) is 6.23. The molecule has 0 saturated heterocycles. The molecule has 0 unspecified atom stereocenters. The number of carbonyl (C=O) groups excluding carboxylic acids is 2. The molecule has 1 aliphatic carbocycles. The van der Waals surface area contributed by atoms with Gasteiger partial charge in [-0.3, -0.25) is 0 Å². The monoisotopic (exact) mass is 465 g/mol. The number of hydrogen-bond donors (Lipinski definition) is 1. The standard InChI is InChI=1S/C27H35N3O4/c1-19-9-14-24(33-19)18-30(23-7-5-6-8-23)25(31)28-22-12-10-20(11-13-22)21-15-16-29(17-21)26(32)34-27(2,3)4/h9-15,23H,5-8,16-18H2,1-4H3,(H,28,31). The summed E-state index contributed by atoms with van der Waals surface area (Å²) < 4.78 is 11.2. The fraction of sp³-hybridized carbons (Fsp3) is 0.481. The Kier molecular flexibility index (Phi) is 7.00. The maximum absolute atomic E-state index is 13.2. The van der Waals surface area contributed by atoms with Crippen LogP contribution in [0.3, 0.4) is 0 Å². The van der Waals surface area contributed by atoms with Crippen molar-refractivity contribution in [3.63, 3.8) is 0 Å². The summed E-state index contributed by atoms with van der Waals surface area (Å²) in [6.07, 6.45) is 6.08. The summed E-state index contributed by atoms with van der Waals surface area (Å²) in [7, 11) is 0. The first kappa shape index (κ1) is 23.9. The van der Waals surface area contributed by atoms with Crippen LogP contribution in [-0.4, -0.2) is 46.7 Å². The second-order valence-electron chi connectivity index (χ2n) is 10.2. The van der Waals surface area contributed by atoms with Gasteiger partial charge in [-0.15, -0.1) is 0 Å². The van der Waals surface area contributed by atoms with Gasteiger partial charge in [-0.2, -0.15) is 0 Å². The summed E-state index contributed by atoms with van der Waals surface area (Å²) in [5.74, 6) is 1.65. The van der Waals surface area contributed by atoms with Crippen molar-refractivity contribution >= 4 is 23.4 Å². The van der Waals surface area contributed by atoms with Crippen LogP contribution in [0.4, 0.5) is 15.3 Å². The molecule has 1 N–H and O–H groups in total. The molecule has 7 heteroatoms. The average Bonchev–Trinajstić information content (AvgIpc) is 3.53. The number of aryl methyl sites for hydroxylation is 1. The van der Waals surface area contributed by atoms with Crippen LogP contribution in [0.2, 0.25) is 0 Å². The number of anilines is 1. The minimum absolute atomic E-state index is 0.107. The number of urea groups is 1. The first-order chi connectivity index (χ1) is 16.2. The molecule has 0 atom stereocenters. The number of nitrogens with zero attached hydrogens (tertiary/aromatic N) is 2. The molecule has 7 nitrogen and oxygen atoms in total. The Morgan fingerprint density at radius 2 is 1.82 bits per heavy atom. The Morgan fingerprint density at radius 1 is 1.12 bits per heavy atom. The zero-order valence-corrected chi connectivity index (χ0v) is 20.6. The number of rotatable bonds is 5. The lowest BCUT2D eigenvalue weighted by atomic mass is 10.1. The molecule has 2 aliphatic rings. The van der Waals surface area contributed by atoms with E-state index in [0.29, 0.717) is 19.6 Å². The highest BCUT2D eigenvalue weighted by Crippen LogP contribution is 2.27. The van der Waals surface area contributed by atoms with Crippen LogP contribution in [0.5, 0.6) is 0 Å². The molecule has 1 aromatic carbocycles. The molecule has 3 amide bonds. The highest BCUT2D eigenvalue weighted by Gasteiger charge is 2.28. The summed E-state index contributed by atoms with van der Waals surface area (Å²) in [5, 5.41) is 3.06. The number of nitrogens with one attached hydrogen (secondary N) is 1. The predicted molar refractivity (Wildman–Crippen MR) is 132 cm³/mol. The van der Waals surface area contributed by atoms with Crippen molar-refractivity contribution in [3.8, 4) is 0 Å². The van der Waals surface area contributed by atoms with Gasteiger partial charge < -0.3 is 24.3 Å². The first-order valence-electron chi connectivity index (χ1n) is 12.1. The van der Waals surface area contributed by atoms with Gasteiger partial charge in [0.05, 0.1) is 6.54 Å². The Bertz CT molecular complexity index is 1040. The van der Waals surface area contributed by atoms with Crippen molar-refractivity contribution in [2.24, 2.45) is 0 Å².